The van der Waals surface area contributed by atoms with Gasteiger partial charge in [-0.2, -0.15) is 8.42 Å². The quantitative estimate of drug-likeness (QED) is 0.607. The summed E-state index contributed by atoms with van der Waals surface area (Å²) in [5, 5.41) is 2.06. The van der Waals surface area contributed by atoms with Gasteiger partial charge in [-0.25, -0.2) is 0 Å². The standard InChI is InChI=1S/C18H24O3S.Na.H/c1-3-5-8-14-9-7-11-16-15(14)12-13-18(22(19,20)21)17(16)10-6-4-2;;/h7,9,11-13H,3-6,8,10H2,1-2H3,(H,19,20,21);;. The molecular weight excluding hydrogens is 319 g/mol. The Labute approximate surface area is 161 Å². The van der Waals surface area contributed by atoms with Crippen LogP contribution >= 0.6 is 0 Å². The van der Waals surface area contributed by atoms with Crippen LogP contribution in [0.1, 0.15) is 50.7 Å². The zero-order chi connectivity index (χ0) is 16.2. The summed E-state index contributed by atoms with van der Waals surface area (Å²) in [7, 11) is -4.19. The molecule has 0 radical (unpaired) electrons. The van der Waals surface area contributed by atoms with E-state index in [9.17, 15) is 13.0 Å². The molecule has 23 heavy (non-hydrogen) atoms. The van der Waals surface area contributed by atoms with Crippen molar-refractivity contribution in [2.75, 3.05) is 0 Å². The maximum atomic E-state index is 11.7. The first-order chi connectivity index (χ1) is 10.5. The first-order valence-corrected chi connectivity index (χ1v) is 9.44. The van der Waals surface area contributed by atoms with Crippen molar-refractivity contribution in [3.8, 4) is 0 Å². The van der Waals surface area contributed by atoms with Crippen LogP contribution in [0.5, 0.6) is 0 Å². The Kier molecular flexibility index (Phi) is 8.25. The van der Waals surface area contributed by atoms with Gasteiger partial charge < -0.3 is 0 Å². The topological polar surface area (TPSA) is 54.4 Å². The van der Waals surface area contributed by atoms with Gasteiger partial charge in [0.2, 0.25) is 0 Å². The van der Waals surface area contributed by atoms with Crippen molar-refractivity contribution in [2.24, 2.45) is 0 Å². The maximum absolute atomic E-state index is 11.7. The molecule has 0 aromatic heterocycles. The second-order valence-corrected chi connectivity index (χ2v) is 7.13. The second-order valence-electron chi connectivity index (χ2n) is 5.74. The van der Waals surface area contributed by atoms with Crippen LogP contribution in [0, 0.1) is 0 Å². The van der Waals surface area contributed by atoms with E-state index in [4.69, 9.17) is 0 Å². The van der Waals surface area contributed by atoms with Gasteiger partial charge in [0.25, 0.3) is 10.1 Å². The van der Waals surface area contributed by atoms with E-state index in [0.717, 1.165) is 48.4 Å². The molecule has 0 aliphatic rings. The minimum absolute atomic E-state index is 0. The van der Waals surface area contributed by atoms with E-state index in [-0.39, 0.29) is 34.5 Å². The molecule has 0 saturated carbocycles. The molecule has 0 atom stereocenters. The summed E-state index contributed by atoms with van der Waals surface area (Å²) < 4.78 is 32.9. The van der Waals surface area contributed by atoms with E-state index >= 15 is 0 Å². The summed E-state index contributed by atoms with van der Waals surface area (Å²) in [5.41, 5.74) is 2.00. The van der Waals surface area contributed by atoms with Gasteiger partial charge in [-0.3, -0.25) is 4.55 Å². The van der Waals surface area contributed by atoms with Crippen LogP contribution in [0.15, 0.2) is 35.2 Å². The molecule has 0 amide bonds. The number of aryl methyl sites for hydroxylation is 2. The van der Waals surface area contributed by atoms with E-state index in [1.165, 1.54) is 5.56 Å². The number of fused-ring (bicyclic) bond motifs is 1. The van der Waals surface area contributed by atoms with Crippen LogP contribution in [-0.4, -0.2) is 42.5 Å². The molecule has 0 unspecified atom stereocenters. The third kappa shape index (κ3) is 5.04. The summed E-state index contributed by atoms with van der Waals surface area (Å²) in [6.45, 7) is 4.24. The summed E-state index contributed by atoms with van der Waals surface area (Å²) >= 11 is 0. The van der Waals surface area contributed by atoms with Gasteiger partial charge in [0.15, 0.2) is 0 Å². The third-order valence-electron chi connectivity index (χ3n) is 4.08. The van der Waals surface area contributed by atoms with Gasteiger partial charge >= 0.3 is 29.6 Å². The van der Waals surface area contributed by atoms with Crippen molar-refractivity contribution in [1.29, 1.82) is 0 Å². The molecule has 0 bridgehead atoms. The molecule has 1 N–H and O–H groups in total. The monoisotopic (exact) mass is 344 g/mol. The van der Waals surface area contributed by atoms with Crippen molar-refractivity contribution < 1.29 is 13.0 Å². The molecule has 2 rings (SSSR count). The second kappa shape index (κ2) is 9.19. The Morgan fingerprint density at radius 3 is 2.17 bits per heavy atom. The summed E-state index contributed by atoms with van der Waals surface area (Å²) in [5.74, 6) is 0. The molecule has 0 heterocycles. The Bertz CT molecular complexity index is 754. The van der Waals surface area contributed by atoms with Crippen LogP contribution in [0.25, 0.3) is 10.8 Å². The first-order valence-electron chi connectivity index (χ1n) is 8.00. The molecule has 0 fully saturated rings. The van der Waals surface area contributed by atoms with Gasteiger partial charge in [0, 0.05) is 0 Å². The molecule has 0 aliphatic heterocycles. The molecule has 0 aliphatic carbocycles. The van der Waals surface area contributed by atoms with Crippen LogP contribution in [-0.2, 0) is 23.0 Å². The number of hydrogen-bond donors (Lipinski definition) is 1. The van der Waals surface area contributed by atoms with Crippen LogP contribution in [0.4, 0.5) is 0 Å². The molecule has 2 aromatic rings. The summed E-state index contributed by atoms with van der Waals surface area (Å²) in [4.78, 5) is 0.0566. The molecule has 3 nitrogen and oxygen atoms in total. The zero-order valence-corrected chi connectivity index (χ0v) is 14.1. The third-order valence-corrected chi connectivity index (χ3v) is 5.02. The van der Waals surface area contributed by atoms with Gasteiger partial charge in [0.05, 0.1) is 4.90 Å². The number of rotatable bonds is 7. The van der Waals surface area contributed by atoms with E-state index in [2.05, 4.69) is 19.9 Å². The van der Waals surface area contributed by atoms with Crippen molar-refractivity contribution in [2.45, 2.75) is 57.3 Å². The Hall–Kier alpha value is -0.390. The molecular formula is C18H25NaO3S. The zero-order valence-electron chi connectivity index (χ0n) is 13.3. The fourth-order valence-corrected chi connectivity index (χ4v) is 3.67. The molecule has 122 valence electrons. The van der Waals surface area contributed by atoms with Crippen LogP contribution in [0.2, 0.25) is 0 Å². The number of hydrogen-bond acceptors (Lipinski definition) is 2. The SMILES string of the molecule is CCCCc1cccc2c(CCCC)c(S(=O)(=O)O)ccc12.[NaH]. The first kappa shape index (κ1) is 20.7. The molecule has 2 aromatic carbocycles. The fourth-order valence-electron chi connectivity index (χ4n) is 2.90. The fraction of sp³-hybridized carbons (Fsp3) is 0.444. The predicted molar refractivity (Wildman–Crippen MR) is 98.1 cm³/mol. The predicted octanol–water partition coefficient (Wildman–Crippen LogP) is 4.12. The normalized spacial score (nSPS) is 11.4. The molecule has 5 heteroatoms. The number of benzene rings is 2. The summed E-state index contributed by atoms with van der Waals surface area (Å²) in [6.07, 6.45) is 5.79. The minimum atomic E-state index is -4.19. The van der Waals surface area contributed by atoms with Crippen LogP contribution in [0.3, 0.4) is 0 Å². The van der Waals surface area contributed by atoms with Crippen molar-refractivity contribution in [3.05, 3.63) is 41.5 Å². The van der Waals surface area contributed by atoms with Crippen LogP contribution < -0.4 is 0 Å². The van der Waals surface area contributed by atoms with Gasteiger partial charge in [0.1, 0.15) is 0 Å². The van der Waals surface area contributed by atoms with E-state index in [1.807, 2.05) is 18.2 Å². The molecule has 0 spiro atoms. The van der Waals surface area contributed by atoms with E-state index in [0.29, 0.717) is 6.42 Å². The van der Waals surface area contributed by atoms with E-state index < -0.39 is 10.1 Å². The number of unbranched alkanes of at least 4 members (excludes halogenated alkanes) is 2. The van der Waals surface area contributed by atoms with Crippen molar-refractivity contribution in [3.63, 3.8) is 0 Å². The Morgan fingerprint density at radius 2 is 1.57 bits per heavy atom. The molecule has 0 saturated heterocycles. The van der Waals surface area contributed by atoms with Gasteiger partial charge in [-0.05, 0) is 53.6 Å². The van der Waals surface area contributed by atoms with E-state index in [1.54, 1.807) is 6.07 Å². The Morgan fingerprint density at radius 1 is 0.913 bits per heavy atom. The average Bonchev–Trinajstić information content (AvgIpc) is 2.49. The van der Waals surface area contributed by atoms with Crippen molar-refractivity contribution in [1.82, 2.24) is 0 Å². The Balaban J connectivity index is 0.00000264. The van der Waals surface area contributed by atoms with Crippen molar-refractivity contribution >= 4 is 50.4 Å². The average molecular weight is 344 g/mol. The summed E-state index contributed by atoms with van der Waals surface area (Å²) in [6, 6.07) is 9.44. The van der Waals surface area contributed by atoms with Gasteiger partial charge in [-0.1, -0.05) is 51.0 Å². The van der Waals surface area contributed by atoms with Gasteiger partial charge in [-0.15, -0.1) is 0 Å².